The number of hydrogen-bond donors (Lipinski definition) is 1. The molecule has 0 bridgehead atoms. The number of esters is 1. The Bertz CT molecular complexity index is 381. The van der Waals surface area contributed by atoms with Crippen molar-refractivity contribution in [2.24, 2.45) is 0 Å². The van der Waals surface area contributed by atoms with Gasteiger partial charge in [0.25, 0.3) is 0 Å². The molecule has 4 heteroatoms. The summed E-state index contributed by atoms with van der Waals surface area (Å²) >= 11 is 0. The second-order valence-corrected chi connectivity index (χ2v) is 3.82. The molecule has 0 radical (unpaired) electrons. The van der Waals surface area contributed by atoms with E-state index in [1.54, 1.807) is 0 Å². The zero-order chi connectivity index (χ0) is 11.4. The number of β-lactam (4-membered cyclic amide) rings is 1. The van der Waals surface area contributed by atoms with E-state index in [2.05, 4.69) is 5.32 Å². The normalized spacial score (nSPS) is 18.5. The molecule has 1 aliphatic rings. The first-order chi connectivity index (χ1) is 7.74. The summed E-state index contributed by atoms with van der Waals surface area (Å²) in [6.45, 7) is 0.292. The number of benzene rings is 1. The molecule has 1 atom stereocenters. The molecule has 0 saturated carbocycles. The first-order valence-electron chi connectivity index (χ1n) is 5.23. The van der Waals surface area contributed by atoms with Gasteiger partial charge in [0.1, 0.15) is 6.61 Å². The zero-order valence-corrected chi connectivity index (χ0v) is 8.81. The number of carbonyl (C=O) groups excluding carboxylic acids is 2. The van der Waals surface area contributed by atoms with E-state index in [1.165, 1.54) is 0 Å². The highest BCUT2D eigenvalue weighted by Crippen LogP contribution is 2.10. The largest absolute Gasteiger partial charge is 0.461 e. The SMILES string of the molecule is O=C1C[C@@H](CC(=O)OCc2ccccc2)N1. The van der Waals surface area contributed by atoms with Crippen LogP contribution in [0.5, 0.6) is 0 Å². The van der Waals surface area contributed by atoms with Gasteiger partial charge in [-0.05, 0) is 5.56 Å². The maximum Gasteiger partial charge on any atom is 0.308 e. The van der Waals surface area contributed by atoms with E-state index in [9.17, 15) is 9.59 Å². The quantitative estimate of drug-likeness (QED) is 0.607. The molecular weight excluding hydrogens is 206 g/mol. The highest BCUT2D eigenvalue weighted by atomic mass is 16.5. The third-order valence-corrected chi connectivity index (χ3v) is 2.45. The van der Waals surface area contributed by atoms with Crippen LogP contribution in [-0.4, -0.2) is 17.9 Å². The highest BCUT2D eigenvalue weighted by molar-refractivity contribution is 5.85. The van der Waals surface area contributed by atoms with Crippen LogP contribution in [0.4, 0.5) is 0 Å². The summed E-state index contributed by atoms with van der Waals surface area (Å²) in [5.41, 5.74) is 0.966. The van der Waals surface area contributed by atoms with E-state index >= 15 is 0 Å². The highest BCUT2D eigenvalue weighted by Gasteiger charge is 2.27. The lowest BCUT2D eigenvalue weighted by Gasteiger charge is -2.25. The van der Waals surface area contributed by atoms with Crippen molar-refractivity contribution >= 4 is 11.9 Å². The van der Waals surface area contributed by atoms with Crippen LogP contribution >= 0.6 is 0 Å². The van der Waals surface area contributed by atoms with Crippen LogP contribution in [0.3, 0.4) is 0 Å². The second-order valence-electron chi connectivity index (χ2n) is 3.82. The first kappa shape index (κ1) is 10.7. The lowest BCUT2D eigenvalue weighted by atomic mass is 10.0. The maximum absolute atomic E-state index is 11.4. The Morgan fingerprint density at radius 2 is 2.06 bits per heavy atom. The Morgan fingerprint density at radius 1 is 1.38 bits per heavy atom. The van der Waals surface area contributed by atoms with E-state index in [4.69, 9.17) is 4.74 Å². The molecule has 1 aromatic carbocycles. The minimum Gasteiger partial charge on any atom is -0.461 e. The molecule has 1 amide bonds. The van der Waals surface area contributed by atoms with Crippen LogP contribution in [0, 0.1) is 0 Å². The topological polar surface area (TPSA) is 55.4 Å². The number of hydrogen-bond acceptors (Lipinski definition) is 3. The van der Waals surface area contributed by atoms with Gasteiger partial charge in [0.2, 0.25) is 5.91 Å². The third kappa shape index (κ3) is 2.82. The van der Waals surface area contributed by atoms with E-state index < -0.39 is 0 Å². The molecular formula is C12H13NO3. The summed E-state index contributed by atoms with van der Waals surface area (Å²) in [5.74, 6) is -0.269. The lowest BCUT2D eigenvalue weighted by Crippen LogP contribution is -2.49. The van der Waals surface area contributed by atoms with Gasteiger partial charge in [-0.1, -0.05) is 30.3 Å². The predicted molar refractivity (Wildman–Crippen MR) is 57.4 cm³/mol. The molecule has 1 fully saturated rings. The van der Waals surface area contributed by atoms with Crippen molar-refractivity contribution in [3.8, 4) is 0 Å². The molecule has 4 nitrogen and oxygen atoms in total. The average Bonchev–Trinajstić information content (AvgIpc) is 2.26. The van der Waals surface area contributed by atoms with Crippen molar-refractivity contribution in [2.45, 2.75) is 25.5 Å². The van der Waals surface area contributed by atoms with Crippen molar-refractivity contribution in [3.05, 3.63) is 35.9 Å². The number of ether oxygens (including phenoxy) is 1. The molecule has 1 aromatic rings. The third-order valence-electron chi connectivity index (χ3n) is 2.45. The summed E-state index contributed by atoms with van der Waals surface area (Å²) in [6, 6.07) is 9.48. The average molecular weight is 219 g/mol. The molecule has 0 unspecified atom stereocenters. The van der Waals surface area contributed by atoms with Gasteiger partial charge in [-0.25, -0.2) is 0 Å². The zero-order valence-electron chi connectivity index (χ0n) is 8.81. The molecule has 1 heterocycles. The van der Waals surface area contributed by atoms with Crippen LogP contribution in [0.15, 0.2) is 30.3 Å². The van der Waals surface area contributed by atoms with Crippen molar-refractivity contribution in [1.29, 1.82) is 0 Å². The van der Waals surface area contributed by atoms with Crippen LogP contribution in [0.1, 0.15) is 18.4 Å². The van der Waals surface area contributed by atoms with Gasteiger partial charge in [-0.3, -0.25) is 9.59 Å². The maximum atomic E-state index is 11.4. The predicted octanol–water partition coefficient (Wildman–Crippen LogP) is 1.01. The molecule has 0 aliphatic carbocycles. The van der Waals surface area contributed by atoms with Crippen LogP contribution in [-0.2, 0) is 20.9 Å². The Hall–Kier alpha value is -1.84. The number of nitrogens with one attached hydrogen (secondary N) is 1. The molecule has 1 N–H and O–H groups in total. The van der Waals surface area contributed by atoms with Gasteiger partial charge in [0.15, 0.2) is 0 Å². The second kappa shape index (κ2) is 4.79. The minimum absolute atomic E-state index is 0.000796. The van der Waals surface area contributed by atoms with E-state index in [0.717, 1.165) is 5.56 Å². The summed E-state index contributed by atoms with van der Waals surface area (Å²) in [4.78, 5) is 22.0. The Morgan fingerprint density at radius 3 is 2.69 bits per heavy atom. The Labute approximate surface area is 93.6 Å². The molecule has 84 valence electrons. The van der Waals surface area contributed by atoms with Gasteiger partial charge < -0.3 is 10.1 Å². The summed E-state index contributed by atoms with van der Waals surface area (Å²) < 4.78 is 5.08. The number of amides is 1. The number of carbonyl (C=O) groups is 2. The summed E-state index contributed by atoms with van der Waals surface area (Å²) in [7, 11) is 0. The standard InChI is InChI=1S/C12H13NO3/c14-11-6-10(13-11)7-12(15)16-8-9-4-2-1-3-5-9/h1-5,10H,6-8H2,(H,13,14)/t10-/m0/s1. The molecule has 0 spiro atoms. The van der Waals surface area contributed by atoms with Crippen molar-refractivity contribution < 1.29 is 14.3 Å². The molecule has 1 aliphatic heterocycles. The monoisotopic (exact) mass is 219 g/mol. The lowest BCUT2D eigenvalue weighted by molar-refractivity contribution is -0.146. The van der Waals surface area contributed by atoms with Crippen LogP contribution in [0.25, 0.3) is 0 Å². The molecule has 1 saturated heterocycles. The van der Waals surface area contributed by atoms with Gasteiger partial charge in [0, 0.05) is 12.5 Å². The Balaban J connectivity index is 1.70. The van der Waals surface area contributed by atoms with E-state index in [1.807, 2.05) is 30.3 Å². The van der Waals surface area contributed by atoms with E-state index in [0.29, 0.717) is 13.0 Å². The molecule has 2 rings (SSSR count). The first-order valence-corrected chi connectivity index (χ1v) is 5.23. The van der Waals surface area contributed by atoms with Crippen molar-refractivity contribution in [2.75, 3.05) is 0 Å². The van der Waals surface area contributed by atoms with Crippen molar-refractivity contribution in [1.82, 2.24) is 5.32 Å². The van der Waals surface area contributed by atoms with Crippen LogP contribution < -0.4 is 5.32 Å². The fourth-order valence-corrected chi connectivity index (χ4v) is 1.55. The van der Waals surface area contributed by atoms with Gasteiger partial charge in [-0.2, -0.15) is 0 Å². The molecule has 16 heavy (non-hydrogen) atoms. The Kier molecular flexibility index (Phi) is 3.19. The van der Waals surface area contributed by atoms with E-state index in [-0.39, 0.29) is 24.3 Å². The van der Waals surface area contributed by atoms with Gasteiger partial charge >= 0.3 is 5.97 Å². The minimum atomic E-state index is -0.270. The fraction of sp³-hybridized carbons (Fsp3) is 0.333. The van der Waals surface area contributed by atoms with Crippen molar-refractivity contribution in [3.63, 3.8) is 0 Å². The van der Waals surface area contributed by atoms with Gasteiger partial charge in [-0.15, -0.1) is 0 Å². The summed E-state index contributed by atoms with van der Waals surface area (Å²) in [5, 5.41) is 2.63. The fourth-order valence-electron chi connectivity index (χ4n) is 1.55. The molecule has 0 aromatic heterocycles. The van der Waals surface area contributed by atoms with Gasteiger partial charge in [0.05, 0.1) is 6.42 Å². The summed E-state index contributed by atoms with van der Waals surface area (Å²) in [6.07, 6.45) is 0.693. The van der Waals surface area contributed by atoms with Crippen LogP contribution in [0.2, 0.25) is 0 Å². The number of rotatable bonds is 4. The smallest absolute Gasteiger partial charge is 0.308 e.